The van der Waals surface area contributed by atoms with Crippen molar-refractivity contribution in [1.29, 1.82) is 0 Å². The van der Waals surface area contributed by atoms with Gasteiger partial charge in [-0.3, -0.25) is 4.79 Å². The van der Waals surface area contributed by atoms with E-state index >= 15 is 0 Å². The van der Waals surface area contributed by atoms with Crippen molar-refractivity contribution in [3.8, 4) is 0 Å². The number of likely N-dealkylation sites (N-methyl/N-ethyl adjacent to an activating group) is 1. The quantitative estimate of drug-likeness (QED) is 0.0832. The molecule has 0 fully saturated rings. The molecule has 0 saturated carbocycles. The lowest BCUT2D eigenvalue weighted by atomic mass is 10.1. The molecule has 0 atom stereocenters. The van der Waals surface area contributed by atoms with E-state index in [0.29, 0.717) is 18.5 Å². The van der Waals surface area contributed by atoms with Crippen LogP contribution in [0, 0.1) is 6.92 Å². The fraction of sp³-hybridized carbons (Fsp3) is 0.697. The van der Waals surface area contributed by atoms with E-state index in [1.807, 2.05) is 19.1 Å². The zero-order valence-corrected chi connectivity index (χ0v) is 24.3. The molecule has 0 aromatic heterocycles. The third-order valence-corrected chi connectivity index (χ3v) is 7.03. The molecule has 0 bridgehead atoms. The average Bonchev–Trinajstić information content (AvgIpc) is 2.90. The highest BCUT2D eigenvalue weighted by atomic mass is 16.5. The zero-order valence-electron chi connectivity index (χ0n) is 24.3. The molecule has 0 saturated heterocycles. The summed E-state index contributed by atoms with van der Waals surface area (Å²) in [6.07, 6.45) is 27.4. The van der Waals surface area contributed by atoms with Crippen LogP contribution in [0.3, 0.4) is 0 Å². The van der Waals surface area contributed by atoms with Crippen LogP contribution in [0.2, 0.25) is 0 Å². The van der Waals surface area contributed by atoms with Crippen molar-refractivity contribution >= 4 is 11.9 Å². The lowest BCUT2D eigenvalue weighted by Gasteiger charge is -2.17. The topological polar surface area (TPSA) is 46.6 Å². The fourth-order valence-electron chi connectivity index (χ4n) is 4.42. The number of benzene rings is 1. The summed E-state index contributed by atoms with van der Waals surface area (Å²) >= 11 is 0. The summed E-state index contributed by atoms with van der Waals surface area (Å²) in [5.74, 6) is -0.205. The number of carbonyl (C=O) groups excluding carboxylic acids is 2. The maximum absolute atomic E-state index is 12.3. The predicted molar refractivity (Wildman–Crippen MR) is 157 cm³/mol. The van der Waals surface area contributed by atoms with E-state index in [0.717, 1.165) is 18.4 Å². The predicted octanol–water partition coefficient (Wildman–Crippen LogP) is 9.21. The first-order chi connectivity index (χ1) is 18.0. The number of hydrogen-bond donors (Lipinski definition) is 0. The van der Waals surface area contributed by atoms with Gasteiger partial charge in [-0.15, -0.1) is 0 Å². The van der Waals surface area contributed by atoms with Gasteiger partial charge in [0.1, 0.15) is 6.61 Å². The zero-order chi connectivity index (χ0) is 27.0. The SMILES string of the molecule is CCCCCCCC/C=C\CCCCCCCCCCCC(=O)N(C)CCOC(=O)c1ccc(C)cc1. The number of allylic oxidation sites excluding steroid dienone is 2. The van der Waals surface area contributed by atoms with Gasteiger partial charge in [-0.25, -0.2) is 4.79 Å². The van der Waals surface area contributed by atoms with Gasteiger partial charge in [-0.1, -0.05) is 114 Å². The normalized spacial score (nSPS) is 11.2. The molecule has 1 aromatic carbocycles. The number of aryl methyl sites for hydroxylation is 1. The molecule has 1 aromatic rings. The van der Waals surface area contributed by atoms with Crippen LogP contribution in [-0.2, 0) is 9.53 Å². The monoisotopic (exact) mass is 513 g/mol. The molecule has 0 N–H and O–H groups in total. The minimum absolute atomic E-state index is 0.132. The second-order valence-corrected chi connectivity index (χ2v) is 10.6. The van der Waals surface area contributed by atoms with Gasteiger partial charge in [0, 0.05) is 13.5 Å². The first kappa shape index (κ1) is 32.9. The minimum Gasteiger partial charge on any atom is -0.460 e. The number of esters is 1. The van der Waals surface area contributed by atoms with Crippen molar-refractivity contribution in [3.63, 3.8) is 0 Å². The van der Waals surface area contributed by atoms with E-state index in [9.17, 15) is 9.59 Å². The molecule has 37 heavy (non-hydrogen) atoms. The van der Waals surface area contributed by atoms with E-state index in [4.69, 9.17) is 4.74 Å². The molecule has 1 rings (SSSR count). The maximum atomic E-state index is 12.3. The molecule has 4 nitrogen and oxygen atoms in total. The molecular weight excluding hydrogens is 458 g/mol. The highest BCUT2D eigenvalue weighted by molar-refractivity contribution is 5.89. The Balaban J connectivity index is 1.87. The van der Waals surface area contributed by atoms with Crippen LogP contribution in [0.25, 0.3) is 0 Å². The molecule has 0 heterocycles. The van der Waals surface area contributed by atoms with Crippen molar-refractivity contribution in [2.45, 2.75) is 129 Å². The number of rotatable bonds is 23. The van der Waals surface area contributed by atoms with Crippen LogP contribution in [0.4, 0.5) is 0 Å². The Morgan fingerprint density at radius 1 is 0.730 bits per heavy atom. The standard InChI is InChI=1S/C33H55NO3/c1-4-5-6-7-8-9-10-11-12-13-14-15-16-17-18-19-20-21-22-23-32(35)34(3)28-29-37-33(36)31-26-24-30(2)25-27-31/h11-12,24-27H,4-10,13-23,28-29H2,1-3H3/b12-11-. The highest BCUT2D eigenvalue weighted by Crippen LogP contribution is 2.13. The maximum Gasteiger partial charge on any atom is 0.338 e. The van der Waals surface area contributed by atoms with E-state index < -0.39 is 0 Å². The Morgan fingerprint density at radius 2 is 1.22 bits per heavy atom. The Bertz CT molecular complexity index is 726. The van der Waals surface area contributed by atoms with E-state index in [2.05, 4.69) is 19.1 Å². The van der Waals surface area contributed by atoms with E-state index in [-0.39, 0.29) is 18.5 Å². The smallest absolute Gasteiger partial charge is 0.338 e. The summed E-state index contributed by atoms with van der Waals surface area (Å²) in [6.45, 7) is 4.92. The molecule has 0 aliphatic rings. The molecule has 0 unspecified atom stereocenters. The molecule has 0 radical (unpaired) electrons. The van der Waals surface area contributed by atoms with E-state index in [1.165, 1.54) is 96.3 Å². The van der Waals surface area contributed by atoms with Crippen LogP contribution in [0.15, 0.2) is 36.4 Å². The van der Waals surface area contributed by atoms with Crippen molar-refractivity contribution < 1.29 is 14.3 Å². The summed E-state index contributed by atoms with van der Waals surface area (Å²) in [7, 11) is 1.79. The van der Waals surface area contributed by atoms with Crippen molar-refractivity contribution in [1.82, 2.24) is 4.90 Å². The van der Waals surface area contributed by atoms with Gasteiger partial charge in [-0.2, -0.15) is 0 Å². The number of carbonyl (C=O) groups is 2. The Morgan fingerprint density at radius 3 is 1.76 bits per heavy atom. The third-order valence-electron chi connectivity index (χ3n) is 7.03. The third kappa shape index (κ3) is 18.7. The molecule has 0 spiro atoms. The van der Waals surface area contributed by atoms with Gasteiger partial charge >= 0.3 is 5.97 Å². The second-order valence-electron chi connectivity index (χ2n) is 10.6. The summed E-state index contributed by atoms with van der Waals surface area (Å²) in [5, 5.41) is 0. The van der Waals surface area contributed by atoms with Gasteiger partial charge in [0.25, 0.3) is 0 Å². The van der Waals surface area contributed by atoms with Gasteiger partial charge in [0.15, 0.2) is 0 Å². The summed E-state index contributed by atoms with van der Waals surface area (Å²) in [4.78, 5) is 26.0. The first-order valence-corrected chi connectivity index (χ1v) is 15.2. The molecule has 0 aliphatic heterocycles. The minimum atomic E-state index is -0.337. The summed E-state index contributed by atoms with van der Waals surface area (Å²) < 4.78 is 5.30. The van der Waals surface area contributed by atoms with Crippen LogP contribution >= 0.6 is 0 Å². The van der Waals surface area contributed by atoms with Crippen LogP contribution in [-0.4, -0.2) is 37.0 Å². The molecule has 1 amide bonds. The van der Waals surface area contributed by atoms with Gasteiger partial charge in [0.05, 0.1) is 12.1 Å². The Labute approximate surface area is 228 Å². The van der Waals surface area contributed by atoms with Gasteiger partial charge in [-0.05, 0) is 51.2 Å². The van der Waals surface area contributed by atoms with Crippen LogP contribution in [0.5, 0.6) is 0 Å². The van der Waals surface area contributed by atoms with Crippen molar-refractivity contribution in [3.05, 3.63) is 47.5 Å². The highest BCUT2D eigenvalue weighted by Gasteiger charge is 2.11. The summed E-state index contributed by atoms with van der Waals surface area (Å²) in [5.41, 5.74) is 1.65. The number of ether oxygens (including phenoxy) is 1. The lowest BCUT2D eigenvalue weighted by molar-refractivity contribution is -0.130. The number of nitrogens with zero attached hydrogens (tertiary/aromatic N) is 1. The Hall–Kier alpha value is -2.10. The number of amides is 1. The Kier molecular flexibility index (Phi) is 20.5. The van der Waals surface area contributed by atoms with Gasteiger partial charge < -0.3 is 9.64 Å². The summed E-state index contributed by atoms with van der Waals surface area (Å²) in [6, 6.07) is 7.32. The van der Waals surface area contributed by atoms with Crippen LogP contribution in [0.1, 0.15) is 138 Å². The fourth-order valence-corrected chi connectivity index (χ4v) is 4.42. The molecule has 4 heteroatoms. The second kappa shape index (κ2) is 23.0. The number of hydrogen-bond acceptors (Lipinski definition) is 3. The van der Waals surface area contributed by atoms with Crippen molar-refractivity contribution in [2.24, 2.45) is 0 Å². The first-order valence-electron chi connectivity index (χ1n) is 15.2. The largest absolute Gasteiger partial charge is 0.460 e. The van der Waals surface area contributed by atoms with Gasteiger partial charge in [0.2, 0.25) is 5.91 Å². The average molecular weight is 514 g/mol. The van der Waals surface area contributed by atoms with E-state index in [1.54, 1.807) is 24.1 Å². The van der Waals surface area contributed by atoms with Crippen LogP contribution < -0.4 is 0 Å². The molecule has 210 valence electrons. The molecule has 0 aliphatic carbocycles. The van der Waals surface area contributed by atoms with Crippen molar-refractivity contribution in [2.75, 3.05) is 20.2 Å². The number of unbranched alkanes of at least 4 members (excludes halogenated alkanes) is 15. The molecular formula is C33H55NO3. The lowest BCUT2D eigenvalue weighted by Crippen LogP contribution is -2.30.